The van der Waals surface area contributed by atoms with Crippen LogP contribution in [0.25, 0.3) is 0 Å². The Morgan fingerprint density at radius 2 is 1.95 bits per heavy atom. The van der Waals surface area contributed by atoms with Crippen molar-refractivity contribution in [2.45, 2.75) is 6.10 Å². The maximum atomic E-state index is 10.5. The highest BCUT2D eigenvalue weighted by atomic mass is 79.9. The molecule has 1 unspecified atom stereocenters. The summed E-state index contributed by atoms with van der Waals surface area (Å²) in [5.74, 6) is 0.566. The summed E-state index contributed by atoms with van der Waals surface area (Å²) < 4.78 is 6.09. The quantitative estimate of drug-likeness (QED) is 0.835. The third-order valence-corrected chi connectivity index (χ3v) is 3.56. The largest absolute Gasteiger partial charge is 0.496 e. The van der Waals surface area contributed by atoms with Crippen LogP contribution >= 0.6 is 27.5 Å². The van der Waals surface area contributed by atoms with Crippen molar-refractivity contribution in [3.8, 4) is 5.75 Å². The van der Waals surface area contributed by atoms with Gasteiger partial charge < -0.3 is 15.6 Å². The Morgan fingerprint density at radius 1 is 1.21 bits per heavy atom. The lowest BCUT2D eigenvalue weighted by molar-refractivity contribution is 0.215. The van der Waals surface area contributed by atoms with Crippen LogP contribution in [-0.4, -0.2) is 12.2 Å². The molecule has 5 heteroatoms. The van der Waals surface area contributed by atoms with E-state index in [1.807, 2.05) is 6.07 Å². The summed E-state index contributed by atoms with van der Waals surface area (Å²) in [6, 6.07) is 10.4. The lowest BCUT2D eigenvalue weighted by Crippen LogP contribution is -2.05. The Morgan fingerprint density at radius 3 is 2.63 bits per heavy atom. The molecule has 2 rings (SSSR count). The molecule has 2 aromatic rings. The fourth-order valence-corrected chi connectivity index (χ4v) is 2.43. The van der Waals surface area contributed by atoms with E-state index < -0.39 is 6.10 Å². The normalized spacial score (nSPS) is 12.2. The number of rotatable bonds is 3. The Bertz CT molecular complexity index is 604. The standard InChI is InChI=1S/C14H13BrClNO2/c1-19-13-5-3-9(16)7-11(13)14(18)10-6-8(15)2-4-12(10)17/h2-7,14,18H,17H2,1H3. The van der Waals surface area contributed by atoms with Crippen molar-refractivity contribution < 1.29 is 9.84 Å². The van der Waals surface area contributed by atoms with Gasteiger partial charge in [-0.15, -0.1) is 0 Å². The molecule has 2 aromatic carbocycles. The summed E-state index contributed by atoms with van der Waals surface area (Å²) in [5.41, 5.74) is 7.60. The van der Waals surface area contributed by atoms with Crippen molar-refractivity contribution in [2.75, 3.05) is 12.8 Å². The number of nitrogen functional groups attached to an aromatic ring is 1. The Hall–Kier alpha value is -1.23. The van der Waals surface area contributed by atoms with Crippen LogP contribution in [0.4, 0.5) is 5.69 Å². The Kier molecular flexibility index (Phi) is 4.34. The highest BCUT2D eigenvalue weighted by Gasteiger charge is 2.18. The van der Waals surface area contributed by atoms with Gasteiger partial charge in [-0.3, -0.25) is 0 Å². The second kappa shape index (κ2) is 5.82. The molecule has 0 aliphatic heterocycles. The number of benzene rings is 2. The summed E-state index contributed by atoms with van der Waals surface area (Å²) in [4.78, 5) is 0. The van der Waals surface area contributed by atoms with Crippen molar-refractivity contribution in [1.82, 2.24) is 0 Å². The van der Waals surface area contributed by atoms with Gasteiger partial charge in [-0.1, -0.05) is 27.5 Å². The summed E-state index contributed by atoms with van der Waals surface area (Å²) in [6.07, 6.45) is -0.897. The molecule has 0 aromatic heterocycles. The molecule has 0 heterocycles. The fraction of sp³-hybridized carbons (Fsp3) is 0.143. The topological polar surface area (TPSA) is 55.5 Å². The first kappa shape index (κ1) is 14.2. The number of anilines is 1. The van der Waals surface area contributed by atoms with E-state index in [9.17, 15) is 5.11 Å². The summed E-state index contributed by atoms with van der Waals surface area (Å²) >= 11 is 9.33. The molecule has 0 fully saturated rings. The minimum absolute atomic E-state index is 0.512. The smallest absolute Gasteiger partial charge is 0.125 e. The zero-order chi connectivity index (χ0) is 14.0. The van der Waals surface area contributed by atoms with E-state index in [4.69, 9.17) is 22.1 Å². The van der Waals surface area contributed by atoms with Gasteiger partial charge >= 0.3 is 0 Å². The molecule has 0 amide bonds. The van der Waals surface area contributed by atoms with Gasteiger partial charge in [0.25, 0.3) is 0 Å². The molecular formula is C14H13BrClNO2. The molecule has 0 saturated carbocycles. The predicted molar refractivity (Wildman–Crippen MR) is 80.6 cm³/mol. The number of nitrogens with two attached hydrogens (primary N) is 1. The average molecular weight is 343 g/mol. The lowest BCUT2D eigenvalue weighted by Gasteiger charge is -2.17. The molecular weight excluding hydrogens is 330 g/mol. The van der Waals surface area contributed by atoms with Gasteiger partial charge in [-0.2, -0.15) is 0 Å². The van der Waals surface area contributed by atoms with Gasteiger partial charge in [0.15, 0.2) is 0 Å². The van der Waals surface area contributed by atoms with Crippen LogP contribution in [0.2, 0.25) is 5.02 Å². The van der Waals surface area contributed by atoms with Crippen LogP contribution in [0.1, 0.15) is 17.2 Å². The molecule has 1 atom stereocenters. The van der Waals surface area contributed by atoms with Crippen LogP contribution < -0.4 is 10.5 Å². The molecule has 3 nitrogen and oxygen atoms in total. The third kappa shape index (κ3) is 3.03. The van der Waals surface area contributed by atoms with E-state index >= 15 is 0 Å². The van der Waals surface area contributed by atoms with Crippen molar-refractivity contribution in [2.24, 2.45) is 0 Å². The molecule has 0 saturated heterocycles. The maximum absolute atomic E-state index is 10.5. The van der Waals surface area contributed by atoms with E-state index in [-0.39, 0.29) is 0 Å². The highest BCUT2D eigenvalue weighted by Crippen LogP contribution is 2.35. The zero-order valence-electron chi connectivity index (χ0n) is 10.2. The van der Waals surface area contributed by atoms with Crippen LogP contribution in [0.3, 0.4) is 0 Å². The second-order valence-corrected chi connectivity index (χ2v) is 5.41. The minimum atomic E-state index is -0.897. The average Bonchev–Trinajstić information content (AvgIpc) is 2.40. The number of methoxy groups -OCH3 is 1. The van der Waals surface area contributed by atoms with Crippen LogP contribution in [0.15, 0.2) is 40.9 Å². The monoisotopic (exact) mass is 341 g/mol. The SMILES string of the molecule is COc1ccc(Cl)cc1C(O)c1cc(Br)ccc1N. The van der Waals surface area contributed by atoms with Crippen molar-refractivity contribution in [3.63, 3.8) is 0 Å². The summed E-state index contributed by atoms with van der Waals surface area (Å²) in [6.45, 7) is 0. The molecule has 0 aliphatic rings. The van der Waals surface area contributed by atoms with Gasteiger partial charge in [0.05, 0.1) is 7.11 Å². The number of aliphatic hydroxyl groups is 1. The number of hydrogen-bond acceptors (Lipinski definition) is 3. The highest BCUT2D eigenvalue weighted by molar-refractivity contribution is 9.10. The van der Waals surface area contributed by atoms with E-state index in [1.165, 1.54) is 0 Å². The Balaban J connectivity index is 2.51. The molecule has 0 spiro atoms. The molecule has 0 radical (unpaired) electrons. The van der Waals surface area contributed by atoms with Crippen LogP contribution in [0, 0.1) is 0 Å². The lowest BCUT2D eigenvalue weighted by atomic mass is 9.99. The maximum Gasteiger partial charge on any atom is 0.125 e. The first-order valence-electron chi connectivity index (χ1n) is 5.59. The molecule has 3 N–H and O–H groups in total. The molecule has 100 valence electrons. The molecule has 19 heavy (non-hydrogen) atoms. The first-order valence-corrected chi connectivity index (χ1v) is 6.76. The first-order chi connectivity index (χ1) is 9.02. The summed E-state index contributed by atoms with van der Waals surface area (Å²) in [7, 11) is 1.55. The fourth-order valence-electron chi connectivity index (χ4n) is 1.87. The van der Waals surface area contributed by atoms with Gasteiger partial charge in [0.1, 0.15) is 11.9 Å². The third-order valence-electron chi connectivity index (χ3n) is 2.83. The van der Waals surface area contributed by atoms with Gasteiger partial charge in [-0.25, -0.2) is 0 Å². The van der Waals surface area contributed by atoms with Crippen molar-refractivity contribution in [1.29, 1.82) is 0 Å². The number of ether oxygens (including phenoxy) is 1. The minimum Gasteiger partial charge on any atom is -0.496 e. The van der Waals surface area contributed by atoms with E-state index in [0.29, 0.717) is 27.6 Å². The second-order valence-electron chi connectivity index (χ2n) is 4.06. The molecule has 0 aliphatic carbocycles. The summed E-state index contributed by atoms with van der Waals surface area (Å²) in [5, 5.41) is 11.0. The zero-order valence-corrected chi connectivity index (χ0v) is 12.6. The van der Waals surface area contributed by atoms with E-state index in [1.54, 1.807) is 37.4 Å². The number of hydrogen-bond donors (Lipinski definition) is 2. The predicted octanol–water partition coefficient (Wildman–Crippen LogP) is 3.78. The van der Waals surface area contributed by atoms with E-state index in [2.05, 4.69) is 15.9 Å². The van der Waals surface area contributed by atoms with Crippen molar-refractivity contribution >= 4 is 33.2 Å². The Labute approximate surface area is 125 Å². The van der Waals surface area contributed by atoms with Gasteiger partial charge in [-0.05, 0) is 36.4 Å². The van der Waals surface area contributed by atoms with Gasteiger partial charge in [0.2, 0.25) is 0 Å². The van der Waals surface area contributed by atoms with Crippen LogP contribution in [-0.2, 0) is 0 Å². The van der Waals surface area contributed by atoms with Crippen LogP contribution in [0.5, 0.6) is 5.75 Å². The number of halogens is 2. The van der Waals surface area contributed by atoms with E-state index in [0.717, 1.165) is 4.47 Å². The van der Waals surface area contributed by atoms with Crippen molar-refractivity contribution in [3.05, 3.63) is 57.0 Å². The van der Waals surface area contributed by atoms with Gasteiger partial charge in [0, 0.05) is 26.3 Å². The molecule has 0 bridgehead atoms. The number of aliphatic hydroxyl groups excluding tert-OH is 1.